The average molecular weight is 285 g/mol. The van der Waals surface area contributed by atoms with Gasteiger partial charge >= 0.3 is 0 Å². The van der Waals surface area contributed by atoms with Gasteiger partial charge in [0.1, 0.15) is 0 Å². The molecule has 2 rings (SSSR count). The van der Waals surface area contributed by atoms with Gasteiger partial charge in [0.15, 0.2) is 0 Å². The van der Waals surface area contributed by atoms with Crippen molar-refractivity contribution >= 4 is 0 Å². The largest absolute Gasteiger partial charge is 0.313 e. The zero-order valence-electron chi connectivity index (χ0n) is 13.5. The second-order valence-electron chi connectivity index (χ2n) is 6.55. The summed E-state index contributed by atoms with van der Waals surface area (Å²) < 4.78 is 0. The van der Waals surface area contributed by atoms with Crippen molar-refractivity contribution in [3.63, 3.8) is 0 Å². The molecule has 1 aliphatic rings. The Labute approximate surface area is 129 Å². The maximum atomic E-state index is 8.92. The normalized spacial score (nSPS) is 19.9. The first-order valence-electron chi connectivity index (χ1n) is 8.07. The first kappa shape index (κ1) is 16.0. The van der Waals surface area contributed by atoms with E-state index in [0.717, 1.165) is 25.2 Å². The van der Waals surface area contributed by atoms with Crippen molar-refractivity contribution in [3.8, 4) is 6.07 Å². The van der Waals surface area contributed by atoms with Crippen LogP contribution in [0.15, 0.2) is 24.3 Å². The molecule has 0 amide bonds. The molecule has 0 saturated carbocycles. The lowest BCUT2D eigenvalue weighted by molar-refractivity contribution is 0.171. The Morgan fingerprint density at radius 2 is 2.00 bits per heavy atom. The third-order valence-corrected chi connectivity index (χ3v) is 4.29. The average Bonchev–Trinajstić information content (AvgIpc) is 2.98. The van der Waals surface area contributed by atoms with Crippen LogP contribution < -0.4 is 5.32 Å². The first-order chi connectivity index (χ1) is 10.1. The van der Waals surface area contributed by atoms with Gasteiger partial charge < -0.3 is 5.32 Å². The van der Waals surface area contributed by atoms with Crippen LogP contribution in [0.1, 0.15) is 50.8 Å². The number of nitriles is 1. The molecule has 0 spiro atoms. The molecule has 21 heavy (non-hydrogen) atoms. The van der Waals surface area contributed by atoms with Crippen molar-refractivity contribution in [2.45, 2.75) is 45.7 Å². The van der Waals surface area contributed by atoms with Gasteiger partial charge in [-0.2, -0.15) is 5.26 Å². The van der Waals surface area contributed by atoms with Gasteiger partial charge in [-0.1, -0.05) is 26.0 Å². The molecule has 1 fully saturated rings. The molecule has 1 saturated heterocycles. The van der Waals surface area contributed by atoms with Crippen LogP contribution in [-0.4, -0.2) is 30.6 Å². The van der Waals surface area contributed by atoms with Crippen molar-refractivity contribution in [3.05, 3.63) is 35.4 Å². The summed E-state index contributed by atoms with van der Waals surface area (Å²) in [6.07, 6.45) is 2.58. The Morgan fingerprint density at radius 3 is 2.52 bits per heavy atom. The molecule has 0 bridgehead atoms. The van der Waals surface area contributed by atoms with Crippen LogP contribution in [0.4, 0.5) is 0 Å². The molecule has 2 unspecified atom stereocenters. The minimum Gasteiger partial charge on any atom is -0.313 e. The molecule has 1 aliphatic heterocycles. The van der Waals surface area contributed by atoms with Crippen molar-refractivity contribution in [2.24, 2.45) is 5.92 Å². The predicted molar refractivity (Wildman–Crippen MR) is 87.0 cm³/mol. The quantitative estimate of drug-likeness (QED) is 0.871. The molecule has 1 aromatic carbocycles. The molecule has 1 N–H and O–H groups in total. The minimum absolute atomic E-state index is 0.391. The number of nitrogens with zero attached hydrogens (tertiary/aromatic N) is 2. The highest BCUT2D eigenvalue weighted by Gasteiger charge is 2.22. The minimum atomic E-state index is 0.391. The van der Waals surface area contributed by atoms with Gasteiger partial charge in [-0.05, 0) is 49.9 Å². The van der Waals surface area contributed by atoms with E-state index in [4.69, 9.17) is 5.26 Å². The highest BCUT2D eigenvalue weighted by molar-refractivity contribution is 5.32. The maximum Gasteiger partial charge on any atom is 0.0991 e. The van der Waals surface area contributed by atoms with Gasteiger partial charge in [-0.25, -0.2) is 0 Å². The fraction of sp³-hybridized carbons (Fsp3) is 0.611. The van der Waals surface area contributed by atoms with Crippen molar-refractivity contribution in [1.29, 1.82) is 5.26 Å². The van der Waals surface area contributed by atoms with E-state index in [9.17, 15) is 0 Å². The monoisotopic (exact) mass is 285 g/mol. The Bertz CT molecular complexity index is 466. The molecular formula is C18H27N3. The summed E-state index contributed by atoms with van der Waals surface area (Å²) in [6, 6.07) is 11.2. The van der Waals surface area contributed by atoms with E-state index in [1.807, 2.05) is 12.1 Å². The number of hydrogen-bond donors (Lipinski definition) is 1. The van der Waals surface area contributed by atoms with E-state index >= 15 is 0 Å². The first-order valence-corrected chi connectivity index (χ1v) is 8.07. The summed E-state index contributed by atoms with van der Waals surface area (Å²) in [5.74, 6) is 0.659. The van der Waals surface area contributed by atoms with E-state index < -0.39 is 0 Å². The second kappa shape index (κ2) is 7.59. The van der Waals surface area contributed by atoms with Gasteiger partial charge in [0.25, 0.3) is 0 Å². The maximum absolute atomic E-state index is 8.92. The second-order valence-corrected chi connectivity index (χ2v) is 6.55. The molecule has 3 heteroatoms. The molecular weight excluding hydrogens is 258 g/mol. The van der Waals surface area contributed by atoms with Crippen LogP contribution in [0.3, 0.4) is 0 Å². The van der Waals surface area contributed by atoms with Crippen molar-refractivity contribution in [1.82, 2.24) is 10.2 Å². The highest BCUT2D eigenvalue weighted by atomic mass is 15.2. The van der Waals surface area contributed by atoms with Crippen LogP contribution in [0.25, 0.3) is 0 Å². The number of benzene rings is 1. The fourth-order valence-electron chi connectivity index (χ4n) is 3.10. The third kappa shape index (κ3) is 4.56. The Balaban J connectivity index is 2.07. The summed E-state index contributed by atoms with van der Waals surface area (Å²) in [5.41, 5.74) is 2.03. The Kier molecular flexibility index (Phi) is 5.78. The Hall–Kier alpha value is -1.37. The smallest absolute Gasteiger partial charge is 0.0991 e. The van der Waals surface area contributed by atoms with Gasteiger partial charge in [-0.15, -0.1) is 0 Å². The molecule has 114 valence electrons. The summed E-state index contributed by atoms with van der Waals surface area (Å²) in [5, 5.41) is 12.5. The van der Waals surface area contributed by atoms with E-state index in [1.54, 1.807) is 0 Å². The summed E-state index contributed by atoms with van der Waals surface area (Å²) in [4.78, 5) is 2.58. The summed E-state index contributed by atoms with van der Waals surface area (Å²) >= 11 is 0. The molecule has 0 aliphatic carbocycles. The van der Waals surface area contributed by atoms with E-state index in [-0.39, 0.29) is 0 Å². The number of nitrogens with one attached hydrogen (secondary N) is 1. The van der Waals surface area contributed by atoms with Crippen molar-refractivity contribution < 1.29 is 0 Å². The molecule has 0 radical (unpaired) electrons. The van der Waals surface area contributed by atoms with Gasteiger partial charge in [0, 0.05) is 25.2 Å². The molecule has 2 atom stereocenters. The number of rotatable bonds is 6. The van der Waals surface area contributed by atoms with E-state index in [2.05, 4.69) is 49.2 Å². The van der Waals surface area contributed by atoms with Crippen LogP contribution in [0.2, 0.25) is 0 Å². The molecule has 0 aromatic heterocycles. The zero-order valence-corrected chi connectivity index (χ0v) is 13.5. The Morgan fingerprint density at radius 1 is 1.29 bits per heavy atom. The lowest BCUT2D eigenvalue weighted by Crippen LogP contribution is -2.40. The van der Waals surface area contributed by atoms with Crippen LogP contribution in [0, 0.1) is 17.2 Å². The van der Waals surface area contributed by atoms with E-state index in [1.165, 1.54) is 18.4 Å². The fourth-order valence-corrected chi connectivity index (χ4v) is 3.10. The molecule has 1 aromatic rings. The van der Waals surface area contributed by atoms with Gasteiger partial charge in [0.2, 0.25) is 0 Å². The summed E-state index contributed by atoms with van der Waals surface area (Å²) in [7, 11) is 0. The van der Waals surface area contributed by atoms with Crippen LogP contribution >= 0.6 is 0 Å². The lowest BCUT2D eigenvalue weighted by atomic mass is 10.0. The van der Waals surface area contributed by atoms with Crippen molar-refractivity contribution in [2.75, 3.05) is 19.6 Å². The number of hydrogen-bond acceptors (Lipinski definition) is 3. The summed E-state index contributed by atoms with van der Waals surface area (Å²) in [6.45, 7) is 10.2. The van der Waals surface area contributed by atoms with Gasteiger partial charge in [-0.3, -0.25) is 4.90 Å². The highest BCUT2D eigenvalue weighted by Crippen LogP contribution is 2.23. The topological polar surface area (TPSA) is 39.1 Å². The van der Waals surface area contributed by atoms with Gasteiger partial charge in [0.05, 0.1) is 11.6 Å². The molecule has 1 heterocycles. The standard InChI is InChI=1S/C18H27N3/c1-14(2)12-21(13-18-5-4-10-20-18)15(3)17-8-6-16(11-19)7-9-17/h6-9,14-15,18,20H,4-5,10,12-13H2,1-3H3. The molecule has 3 nitrogen and oxygen atoms in total. The van der Waals surface area contributed by atoms with Crippen LogP contribution in [0.5, 0.6) is 0 Å². The lowest BCUT2D eigenvalue weighted by Gasteiger charge is -2.33. The SMILES string of the molecule is CC(C)CN(CC1CCCN1)C(C)c1ccc(C#N)cc1. The van der Waals surface area contributed by atoms with E-state index in [0.29, 0.717) is 18.0 Å². The predicted octanol–water partition coefficient (Wildman–Crippen LogP) is 3.33. The zero-order chi connectivity index (χ0) is 15.2. The van der Waals surface area contributed by atoms with Crippen LogP contribution in [-0.2, 0) is 0 Å². The third-order valence-electron chi connectivity index (χ3n) is 4.29.